The molecule has 18 nitrogen and oxygen atoms in total. The lowest BCUT2D eigenvalue weighted by Crippen LogP contribution is -2.36. The summed E-state index contributed by atoms with van der Waals surface area (Å²) in [6, 6.07) is 0. The van der Waals surface area contributed by atoms with Crippen LogP contribution in [0.5, 0.6) is 0 Å². The van der Waals surface area contributed by atoms with Gasteiger partial charge in [0.2, 0.25) is 0 Å². The van der Waals surface area contributed by atoms with Gasteiger partial charge in [-0.2, -0.15) is 0 Å². The van der Waals surface area contributed by atoms with E-state index >= 15 is 0 Å². The molecule has 2 bridgehead atoms. The van der Waals surface area contributed by atoms with Crippen LogP contribution in [-0.2, 0) is 63.2 Å². The minimum Gasteiger partial charge on any atom is -0.387 e. The molecule has 0 saturated carbocycles. The van der Waals surface area contributed by atoms with Crippen molar-refractivity contribution in [2.75, 3.05) is 19.8 Å². The first-order chi connectivity index (χ1) is 24.0. The number of aromatic nitrogens is 7. The zero-order chi connectivity index (χ0) is 34.8. The van der Waals surface area contributed by atoms with Crippen LogP contribution in [0.15, 0.2) is 25.2 Å². The van der Waals surface area contributed by atoms with Crippen molar-refractivity contribution in [2.24, 2.45) is 5.73 Å². The molecule has 4 aromatic rings. The fourth-order valence-corrected chi connectivity index (χ4v) is 9.96. The Bertz CT molecular complexity index is 2000. The average Bonchev–Trinajstić information content (AvgIpc) is 3.79. The van der Waals surface area contributed by atoms with E-state index in [9.17, 15) is 19.7 Å². The Balaban J connectivity index is 1.09. The number of nitrogens with zero attached hydrogens (tertiary/aromatic N) is 7. The molecule has 10 atom stereocenters. The van der Waals surface area contributed by atoms with Crippen LogP contribution in [0.3, 0.4) is 0 Å². The van der Waals surface area contributed by atoms with Gasteiger partial charge in [-0.05, 0) is 62.4 Å². The molecule has 3 aliphatic heterocycles. The molecule has 5 N–H and O–H groups in total. The van der Waals surface area contributed by atoms with Crippen LogP contribution in [0, 0.1) is 0 Å². The topological polar surface area (TPSA) is 233 Å². The van der Waals surface area contributed by atoms with Crippen LogP contribution in [0.25, 0.3) is 22.2 Å². The van der Waals surface area contributed by atoms with Crippen molar-refractivity contribution in [3.05, 3.63) is 42.1 Å². The van der Waals surface area contributed by atoms with Gasteiger partial charge in [0.15, 0.2) is 18.1 Å². The molecular weight excluding hydrogens is 734 g/mol. The molecule has 0 radical (unpaired) electrons. The predicted octanol–water partition coefficient (Wildman–Crippen LogP) is 1.63. The zero-order valence-electron chi connectivity index (χ0n) is 26.4. The lowest BCUT2D eigenvalue weighted by atomic mass is 10.1. The van der Waals surface area contributed by atoms with Gasteiger partial charge in [-0.25, -0.2) is 29.5 Å². The van der Waals surface area contributed by atoms with Crippen LogP contribution in [0.2, 0.25) is 0 Å². The summed E-state index contributed by atoms with van der Waals surface area (Å²) in [4.78, 5) is 33.3. The Morgan fingerprint density at radius 1 is 0.920 bits per heavy atom. The second-order valence-corrected chi connectivity index (χ2v) is 18.3. The number of nitrogens with two attached hydrogens (primary N) is 1. The maximum absolute atomic E-state index is 13.8. The first kappa shape index (κ1) is 35.1. The SMILES string of the molecule is NCCCc1ncnc2c1ncn2[C@@H]1O[C@@H]2COP(O)(=S)O[C@H]3[C@@H](O)[C@H](n4cc5c6c(ncnc64)CCCC5)O[C@@H]3COP(=O)(S)O[C@@H]1[C@@H]2O. The molecule has 1 aliphatic carbocycles. The van der Waals surface area contributed by atoms with Gasteiger partial charge in [-0.1, -0.05) is 12.2 Å². The summed E-state index contributed by atoms with van der Waals surface area (Å²) in [7, 11) is 0. The van der Waals surface area contributed by atoms with E-state index in [1.54, 1.807) is 4.57 Å². The quantitative estimate of drug-likeness (QED) is 0.143. The third-order valence-corrected chi connectivity index (χ3v) is 12.6. The Morgan fingerprint density at radius 3 is 2.52 bits per heavy atom. The molecular formula is C28H36N8O10P2S2. The first-order valence-corrected chi connectivity index (χ1v) is 21.5. The molecule has 270 valence electrons. The molecule has 8 rings (SSSR count). The van der Waals surface area contributed by atoms with Crippen molar-refractivity contribution in [1.82, 2.24) is 34.1 Å². The molecule has 3 saturated heterocycles. The number of hydrogen-bond donors (Lipinski definition) is 5. The lowest BCUT2D eigenvalue weighted by Gasteiger charge is -2.27. The first-order valence-electron chi connectivity index (χ1n) is 16.2. The Morgan fingerprint density at radius 2 is 1.68 bits per heavy atom. The monoisotopic (exact) mass is 770 g/mol. The lowest BCUT2D eigenvalue weighted by molar-refractivity contribution is -0.0587. The minimum absolute atomic E-state index is 0.373. The summed E-state index contributed by atoms with van der Waals surface area (Å²) in [5.41, 5.74) is 9.75. The molecule has 7 heterocycles. The normalized spacial score (nSPS) is 36.5. The molecule has 3 fully saturated rings. The van der Waals surface area contributed by atoms with Crippen molar-refractivity contribution in [2.45, 2.75) is 87.6 Å². The van der Waals surface area contributed by atoms with E-state index in [4.69, 9.17) is 45.1 Å². The van der Waals surface area contributed by atoms with Crippen LogP contribution >= 0.6 is 25.8 Å². The highest BCUT2D eigenvalue weighted by atomic mass is 32.7. The van der Waals surface area contributed by atoms with Crippen LogP contribution in [0.4, 0.5) is 0 Å². The molecule has 22 heteroatoms. The predicted molar refractivity (Wildman–Crippen MR) is 181 cm³/mol. The summed E-state index contributed by atoms with van der Waals surface area (Å²) in [5, 5.41) is 23.9. The van der Waals surface area contributed by atoms with E-state index in [1.165, 1.54) is 23.5 Å². The molecule has 0 aromatic carbocycles. The average molecular weight is 771 g/mol. The van der Waals surface area contributed by atoms with Gasteiger partial charge in [-0.3, -0.25) is 18.1 Å². The van der Waals surface area contributed by atoms with Gasteiger partial charge in [-0.15, -0.1) is 0 Å². The van der Waals surface area contributed by atoms with Crippen LogP contribution in [0.1, 0.15) is 48.7 Å². The minimum atomic E-state index is -4.29. The number of aryl methyl sites for hydroxylation is 3. The number of ether oxygens (including phenoxy) is 2. The number of hydrogen-bond acceptors (Lipinski definition) is 16. The summed E-state index contributed by atoms with van der Waals surface area (Å²) in [6.07, 6.45) is 1.05. The van der Waals surface area contributed by atoms with E-state index < -0.39 is 75.8 Å². The molecule has 50 heavy (non-hydrogen) atoms. The number of aliphatic hydroxyl groups is 2. The smallest absolute Gasteiger partial charge is 0.386 e. The van der Waals surface area contributed by atoms with E-state index in [2.05, 4.69) is 37.2 Å². The van der Waals surface area contributed by atoms with E-state index in [-0.39, 0.29) is 0 Å². The van der Waals surface area contributed by atoms with Gasteiger partial charge >= 0.3 is 13.5 Å². The largest absolute Gasteiger partial charge is 0.387 e. The standard InChI is InChI=1S/C28H36N8O10P2S2/c29-7-3-6-16-20-26(33-12-31-16)36(13-34-20)28-24-21(37)17(43-28)9-41-47(39,49)45-23-18(10-42-48(40,50)46-24)44-27(22(23)38)35-8-14-4-1-2-5-15-19(14)25(35)32-11-30-15/h8,11-13,17-18,21-24,27-28,37-38H,1-7,9-10,29H2,(H,39,49)(H,40,50)/t17-,18-,21-,22-,23-,24-,27-,28-,47?,48?/m1/s1. The molecule has 2 unspecified atom stereocenters. The highest BCUT2D eigenvalue weighted by molar-refractivity contribution is 8.44. The highest BCUT2D eigenvalue weighted by Crippen LogP contribution is 2.58. The van der Waals surface area contributed by atoms with Crippen LogP contribution in [-0.4, -0.2) is 106 Å². The number of fused-ring (bicyclic) bond motifs is 4. The molecule has 0 amide bonds. The summed E-state index contributed by atoms with van der Waals surface area (Å²) in [6.45, 7) is -8.86. The van der Waals surface area contributed by atoms with E-state index in [0.717, 1.165) is 42.3 Å². The maximum Gasteiger partial charge on any atom is 0.386 e. The van der Waals surface area contributed by atoms with Gasteiger partial charge in [0.05, 0.1) is 30.9 Å². The van der Waals surface area contributed by atoms with E-state index in [0.29, 0.717) is 41.9 Å². The number of thiol groups is 1. The van der Waals surface area contributed by atoms with Crippen LogP contribution < -0.4 is 5.73 Å². The molecule has 4 aromatic heterocycles. The number of rotatable bonds is 5. The van der Waals surface area contributed by atoms with Crippen molar-refractivity contribution in [3.8, 4) is 0 Å². The number of imidazole rings is 1. The fourth-order valence-electron chi connectivity index (χ4n) is 7.06. The van der Waals surface area contributed by atoms with Crippen molar-refractivity contribution < 1.29 is 47.2 Å². The highest BCUT2D eigenvalue weighted by Gasteiger charge is 2.53. The Kier molecular flexibility index (Phi) is 9.65. The third-order valence-electron chi connectivity index (χ3n) is 9.41. The summed E-state index contributed by atoms with van der Waals surface area (Å²) >= 11 is 9.58. The van der Waals surface area contributed by atoms with Crippen molar-refractivity contribution in [1.29, 1.82) is 0 Å². The second kappa shape index (κ2) is 13.8. The van der Waals surface area contributed by atoms with Gasteiger partial charge in [0.1, 0.15) is 60.4 Å². The van der Waals surface area contributed by atoms with E-state index in [1.807, 2.05) is 6.20 Å². The van der Waals surface area contributed by atoms with Crippen molar-refractivity contribution >= 4 is 59.8 Å². The van der Waals surface area contributed by atoms with Gasteiger partial charge < -0.3 is 39.4 Å². The Labute approximate surface area is 295 Å². The molecule has 0 spiro atoms. The van der Waals surface area contributed by atoms with Gasteiger partial charge in [0.25, 0.3) is 0 Å². The zero-order valence-corrected chi connectivity index (χ0v) is 29.9. The third kappa shape index (κ3) is 6.47. The maximum atomic E-state index is 13.8. The second-order valence-electron chi connectivity index (χ2n) is 12.6. The Hall–Kier alpha value is -2.00. The van der Waals surface area contributed by atoms with Crippen molar-refractivity contribution in [3.63, 3.8) is 0 Å². The summed E-state index contributed by atoms with van der Waals surface area (Å²) < 4.78 is 52.6. The van der Waals surface area contributed by atoms with Gasteiger partial charge in [0, 0.05) is 11.6 Å². The fraction of sp³-hybridized carbons (Fsp3) is 0.607. The summed E-state index contributed by atoms with van der Waals surface area (Å²) in [5.74, 6) is 0. The molecule has 4 aliphatic rings. The number of aliphatic hydroxyl groups excluding tert-OH is 2.